The Labute approximate surface area is 192 Å². The van der Waals surface area contributed by atoms with Gasteiger partial charge in [-0.15, -0.1) is 0 Å². The second-order valence-corrected chi connectivity index (χ2v) is 10.0. The van der Waals surface area contributed by atoms with Crippen molar-refractivity contribution in [3.05, 3.63) is 63.6 Å². The fourth-order valence-electron chi connectivity index (χ4n) is 3.23. The van der Waals surface area contributed by atoms with Crippen LogP contribution in [0.4, 0.5) is 0 Å². The number of nitrogens with one attached hydrogen (secondary N) is 1. The van der Waals surface area contributed by atoms with Crippen LogP contribution >= 0.6 is 23.2 Å². The summed E-state index contributed by atoms with van der Waals surface area (Å²) < 4.78 is 32.0. The maximum absolute atomic E-state index is 12.7. The molecule has 2 aromatic carbocycles. The third kappa shape index (κ3) is 6.41. The molecule has 1 saturated heterocycles. The first-order valence-electron chi connectivity index (χ1n) is 9.82. The number of sulfonamides is 1. The molecular weight excluding hydrogens is 461 g/mol. The van der Waals surface area contributed by atoms with Gasteiger partial charge in [-0.2, -0.15) is 4.31 Å². The van der Waals surface area contributed by atoms with Crippen LogP contribution in [0.2, 0.25) is 10.0 Å². The molecular formula is C21H25Cl2N3O4S. The summed E-state index contributed by atoms with van der Waals surface area (Å²) in [6.45, 7) is 2.50. The molecule has 0 unspecified atom stereocenters. The molecule has 0 radical (unpaired) electrons. The number of morpholine rings is 1. The number of ether oxygens (including phenoxy) is 1. The van der Waals surface area contributed by atoms with Crippen LogP contribution < -0.4 is 5.32 Å². The molecule has 1 N–H and O–H groups in total. The summed E-state index contributed by atoms with van der Waals surface area (Å²) in [4.78, 5) is 14.4. The summed E-state index contributed by atoms with van der Waals surface area (Å²) >= 11 is 12.2. The van der Waals surface area contributed by atoms with Crippen LogP contribution in [0.5, 0.6) is 0 Å². The van der Waals surface area contributed by atoms with Crippen LogP contribution in [-0.4, -0.2) is 63.4 Å². The van der Waals surface area contributed by atoms with E-state index >= 15 is 0 Å². The van der Waals surface area contributed by atoms with E-state index in [0.717, 1.165) is 11.1 Å². The van der Waals surface area contributed by atoms with Gasteiger partial charge in [0.1, 0.15) is 0 Å². The zero-order valence-corrected chi connectivity index (χ0v) is 19.5. The Morgan fingerprint density at radius 2 is 1.81 bits per heavy atom. The first-order valence-corrected chi connectivity index (χ1v) is 12.0. The lowest BCUT2D eigenvalue weighted by molar-refractivity contribution is -0.122. The number of hydrogen-bond donors (Lipinski definition) is 1. The van der Waals surface area contributed by atoms with Crippen molar-refractivity contribution in [3.8, 4) is 0 Å². The van der Waals surface area contributed by atoms with Crippen molar-refractivity contribution in [1.82, 2.24) is 14.5 Å². The standard InChI is InChI=1S/C21H25Cl2N3O4S/c1-25(14-17-3-2-4-19(22)21(17)23)15-20(27)24-13-16-5-7-18(8-6-16)31(28,29)26-9-11-30-12-10-26/h2-8H,9-15H2,1H3,(H,24,27). The normalized spacial score (nSPS) is 15.2. The Kier molecular flexibility index (Phi) is 8.32. The zero-order chi connectivity index (χ0) is 22.4. The molecule has 31 heavy (non-hydrogen) atoms. The number of likely N-dealkylation sites (N-methyl/N-ethyl adjacent to an activating group) is 1. The number of nitrogens with zero attached hydrogens (tertiary/aromatic N) is 2. The van der Waals surface area contributed by atoms with E-state index in [4.69, 9.17) is 27.9 Å². The van der Waals surface area contributed by atoms with Crippen molar-refractivity contribution in [2.24, 2.45) is 0 Å². The van der Waals surface area contributed by atoms with Gasteiger partial charge in [0.05, 0.1) is 34.7 Å². The monoisotopic (exact) mass is 485 g/mol. The third-order valence-corrected chi connectivity index (χ3v) is 7.68. The predicted molar refractivity (Wildman–Crippen MR) is 121 cm³/mol. The molecule has 10 heteroatoms. The molecule has 1 heterocycles. The lowest BCUT2D eigenvalue weighted by Crippen LogP contribution is -2.40. The number of carbonyl (C=O) groups excluding carboxylic acids is 1. The first kappa shape index (κ1) is 24.0. The molecule has 3 rings (SSSR count). The van der Waals surface area contributed by atoms with Gasteiger partial charge < -0.3 is 10.1 Å². The van der Waals surface area contributed by atoms with Gasteiger partial charge in [0.15, 0.2) is 0 Å². The summed E-state index contributed by atoms with van der Waals surface area (Å²) in [7, 11) is -1.70. The van der Waals surface area contributed by atoms with E-state index in [-0.39, 0.29) is 17.3 Å². The van der Waals surface area contributed by atoms with E-state index in [1.54, 1.807) is 30.3 Å². The Hall–Kier alpha value is -1.68. The van der Waals surface area contributed by atoms with Crippen LogP contribution in [0.1, 0.15) is 11.1 Å². The third-order valence-electron chi connectivity index (χ3n) is 4.91. The number of hydrogen-bond acceptors (Lipinski definition) is 5. The molecule has 0 saturated carbocycles. The van der Waals surface area contributed by atoms with E-state index in [2.05, 4.69) is 5.32 Å². The van der Waals surface area contributed by atoms with E-state index in [1.807, 2.05) is 24.1 Å². The summed E-state index contributed by atoms with van der Waals surface area (Å²) in [5.41, 5.74) is 1.66. The Bertz CT molecular complexity index is 1010. The zero-order valence-electron chi connectivity index (χ0n) is 17.2. The highest BCUT2D eigenvalue weighted by Gasteiger charge is 2.26. The minimum atomic E-state index is -3.52. The molecule has 0 bridgehead atoms. The molecule has 1 fully saturated rings. The number of halogens is 2. The number of benzene rings is 2. The van der Waals surface area contributed by atoms with Gasteiger partial charge in [0.25, 0.3) is 0 Å². The molecule has 7 nitrogen and oxygen atoms in total. The van der Waals surface area contributed by atoms with Crippen LogP contribution in [0.15, 0.2) is 47.4 Å². The van der Waals surface area contributed by atoms with Gasteiger partial charge in [-0.3, -0.25) is 9.69 Å². The van der Waals surface area contributed by atoms with Crippen molar-refractivity contribution in [1.29, 1.82) is 0 Å². The highest BCUT2D eigenvalue weighted by atomic mass is 35.5. The number of rotatable bonds is 8. The van der Waals surface area contributed by atoms with Gasteiger partial charge in [0.2, 0.25) is 15.9 Å². The molecule has 0 spiro atoms. The smallest absolute Gasteiger partial charge is 0.243 e. The van der Waals surface area contributed by atoms with Crippen LogP contribution in [-0.2, 0) is 32.6 Å². The van der Waals surface area contributed by atoms with Crippen LogP contribution in [0.3, 0.4) is 0 Å². The summed E-state index contributed by atoms with van der Waals surface area (Å²) in [5.74, 6) is -0.148. The molecule has 1 amide bonds. The van der Waals surface area contributed by atoms with Crippen molar-refractivity contribution >= 4 is 39.1 Å². The Morgan fingerprint density at radius 1 is 1.13 bits per heavy atom. The topological polar surface area (TPSA) is 79.0 Å². The number of amides is 1. The second-order valence-electron chi connectivity index (χ2n) is 7.32. The highest BCUT2D eigenvalue weighted by molar-refractivity contribution is 7.89. The average molecular weight is 486 g/mol. The van der Waals surface area contributed by atoms with Crippen molar-refractivity contribution in [3.63, 3.8) is 0 Å². The molecule has 2 aromatic rings. The van der Waals surface area contributed by atoms with Crippen LogP contribution in [0.25, 0.3) is 0 Å². The molecule has 168 valence electrons. The fraction of sp³-hybridized carbons (Fsp3) is 0.381. The minimum Gasteiger partial charge on any atom is -0.379 e. The summed E-state index contributed by atoms with van der Waals surface area (Å²) in [5, 5.41) is 3.82. The van der Waals surface area contributed by atoms with Crippen LogP contribution in [0, 0.1) is 0 Å². The highest BCUT2D eigenvalue weighted by Crippen LogP contribution is 2.26. The molecule has 0 atom stereocenters. The fourth-order valence-corrected chi connectivity index (χ4v) is 5.02. The van der Waals surface area contributed by atoms with Gasteiger partial charge >= 0.3 is 0 Å². The lowest BCUT2D eigenvalue weighted by Gasteiger charge is -2.26. The summed E-state index contributed by atoms with van der Waals surface area (Å²) in [6.07, 6.45) is 0. The van der Waals surface area contributed by atoms with Crippen molar-refractivity contribution in [2.75, 3.05) is 39.9 Å². The second kappa shape index (κ2) is 10.8. The van der Waals surface area contributed by atoms with E-state index in [0.29, 0.717) is 49.4 Å². The molecule has 1 aliphatic heterocycles. The summed E-state index contributed by atoms with van der Waals surface area (Å²) in [6, 6.07) is 12.0. The average Bonchev–Trinajstić information content (AvgIpc) is 2.76. The Balaban J connectivity index is 1.50. The largest absolute Gasteiger partial charge is 0.379 e. The maximum atomic E-state index is 12.7. The van der Waals surface area contributed by atoms with Gasteiger partial charge in [-0.25, -0.2) is 8.42 Å². The quantitative estimate of drug-likeness (QED) is 0.621. The molecule has 0 aromatic heterocycles. The van der Waals surface area contributed by atoms with E-state index in [1.165, 1.54) is 4.31 Å². The van der Waals surface area contributed by atoms with E-state index < -0.39 is 10.0 Å². The minimum absolute atomic E-state index is 0.148. The molecule has 1 aliphatic rings. The number of carbonyl (C=O) groups is 1. The maximum Gasteiger partial charge on any atom is 0.243 e. The van der Waals surface area contributed by atoms with E-state index in [9.17, 15) is 13.2 Å². The van der Waals surface area contributed by atoms with Gasteiger partial charge in [-0.05, 0) is 36.4 Å². The van der Waals surface area contributed by atoms with Gasteiger partial charge in [-0.1, -0.05) is 47.5 Å². The molecule has 0 aliphatic carbocycles. The Morgan fingerprint density at radius 3 is 2.48 bits per heavy atom. The SMILES string of the molecule is CN(CC(=O)NCc1ccc(S(=O)(=O)N2CCOCC2)cc1)Cc1cccc(Cl)c1Cl. The lowest BCUT2D eigenvalue weighted by atomic mass is 10.2. The first-order chi connectivity index (χ1) is 14.8. The van der Waals surface area contributed by atoms with Crippen molar-refractivity contribution < 1.29 is 17.9 Å². The van der Waals surface area contributed by atoms with Crippen molar-refractivity contribution in [2.45, 2.75) is 18.0 Å². The predicted octanol–water partition coefficient (Wildman–Crippen LogP) is 2.76. The van der Waals surface area contributed by atoms with Gasteiger partial charge in [0, 0.05) is 26.2 Å².